The minimum absolute atomic E-state index is 0.225. The van der Waals surface area contributed by atoms with E-state index in [9.17, 15) is 9.59 Å². The van der Waals surface area contributed by atoms with Crippen LogP contribution < -0.4 is 24.5 Å². The number of anilines is 1. The van der Waals surface area contributed by atoms with Crippen LogP contribution in [-0.4, -0.2) is 37.3 Å². The van der Waals surface area contributed by atoms with Crippen LogP contribution in [0.4, 0.5) is 5.88 Å². The fraction of sp³-hybridized carbons (Fsp3) is 0.346. The number of hydrogen-bond donors (Lipinski definition) is 0. The van der Waals surface area contributed by atoms with Gasteiger partial charge in [0.05, 0.1) is 35.6 Å². The maximum atomic E-state index is 13.7. The normalized spacial score (nSPS) is 18.0. The molecule has 0 spiro atoms. The highest BCUT2D eigenvalue weighted by Gasteiger charge is 2.33. The van der Waals surface area contributed by atoms with E-state index in [0.717, 1.165) is 37.4 Å². The van der Waals surface area contributed by atoms with E-state index in [1.54, 1.807) is 31.6 Å². The van der Waals surface area contributed by atoms with E-state index >= 15 is 0 Å². The van der Waals surface area contributed by atoms with Crippen molar-refractivity contribution in [3.05, 3.63) is 78.7 Å². The van der Waals surface area contributed by atoms with Crippen molar-refractivity contribution in [1.29, 1.82) is 0 Å². The van der Waals surface area contributed by atoms with Crippen LogP contribution in [0.5, 0.6) is 5.75 Å². The van der Waals surface area contributed by atoms with Gasteiger partial charge in [-0.2, -0.15) is 0 Å². The minimum atomic E-state index is -0.681. The van der Waals surface area contributed by atoms with E-state index in [4.69, 9.17) is 13.9 Å². The van der Waals surface area contributed by atoms with Crippen LogP contribution in [0.25, 0.3) is 6.08 Å². The van der Waals surface area contributed by atoms with E-state index in [-0.39, 0.29) is 12.2 Å². The summed E-state index contributed by atoms with van der Waals surface area (Å²) in [5.74, 6) is 1.57. The number of esters is 1. The van der Waals surface area contributed by atoms with Crippen molar-refractivity contribution in [2.45, 2.75) is 32.7 Å². The predicted octanol–water partition coefficient (Wildman–Crippen LogP) is 3.00. The van der Waals surface area contributed by atoms with E-state index in [0.29, 0.717) is 32.1 Å². The predicted molar refractivity (Wildman–Crippen MR) is 134 cm³/mol. The number of aromatic nitrogens is 1. The highest BCUT2D eigenvalue weighted by Crippen LogP contribution is 2.32. The van der Waals surface area contributed by atoms with E-state index in [1.807, 2.05) is 36.4 Å². The second kappa shape index (κ2) is 9.58. The largest absolute Gasteiger partial charge is 0.497 e. The van der Waals surface area contributed by atoms with Gasteiger partial charge >= 0.3 is 5.97 Å². The summed E-state index contributed by atoms with van der Waals surface area (Å²) in [5, 5.41) is 0. The van der Waals surface area contributed by atoms with Crippen molar-refractivity contribution in [1.82, 2.24) is 4.57 Å². The van der Waals surface area contributed by atoms with E-state index in [1.165, 1.54) is 11.3 Å². The number of fused-ring (bicyclic) bond motifs is 1. The number of furan rings is 1. The number of benzene rings is 1. The molecular weight excluding hydrogens is 466 g/mol. The fourth-order valence-electron chi connectivity index (χ4n) is 4.57. The molecule has 5 rings (SSSR count). The zero-order chi connectivity index (χ0) is 24.5. The molecule has 1 saturated heterocycles. The Morgan fingerprint density at radius 3 is 2.80 bits per heavy atom. The number of rotatable bonds is 6. The van der Waals surface area contributed by atoms with Gasteiger partial charge in [-0.1, -0.05) is 23.5 Å². The van der Waals surface area contributed by atoms with Gasteiger partial charge < -0.3 is 18.8 Å². The number of allylic oxidation sites excluding steroid dienone is 1. The molecule has 0 saturated carbocycles. The standard InChI is InChI=1S/C26H27N3O5S/c1-4-33-25(31)22-16(2)27-26-29(23(22)17-8-7-9-18(14-17)32-3)24(30)20(35-26)15-19-10-11-21(34-19)28-12-5-6-13-28/h7-11,14-15,23H,4-6,12-13H2,1-3H3/b20-15-/t23-/m0/s1. The van der Waals surface area contributed by atoms with Gasteiger partial charge in [0.2, 0.25) is 0 Å². The molecule has 9 heteroatoms. The molecule has 4 heterocycles. The Kier molecular flexibility index (Phi) is 6.34. The summed E-state index contributed by atoms with van der Waals surface area (Å²) >= 11 is 1.27. The van der Waals surface area contributed by atoms with Crippen LogP contribution in [0.1, 0.15) is 44.1 Å². The third kappa shape index (κ3) is 4.32. The Hall–Kier alpha value is -3.59. The molecule has 0 aliphatic carbocycles. The third-order valence-corrected chi connectivity index (χ3v) is 7.21. The Morgan fingerprint density at radius 2 is 2.06 bits per heavy atom. The first-order chi connectivity index (χ1) is 17.0. The van der Waals surface area contributed by atoms with Gasteiger partial charge in [-0.15, -0.1) is 0 Å². The highest BCUT2D eigenvalue weighted by molar-refractivity contribution is 7.07. The zero-order valence-corrected chi connectivity index (χ0v) is 20.8. The molecule has 0 amide bonds. The van der Waals surface area contributed by atoms with E-state index in [2.05, 4.69) is 9.89 Å². The van der Waals surface area contributed by atoms with Crippen LogP contribution in [0.3, 0.4) is 0 Å². The lowest BCUT2D eigenvalue weighted by atomic mass is 9.95. The first-order valence-corrected chi connectivity index (χ1v) is 12.5. The van der Waals surface area contributed by atoms with Crippen molar-refractivity contribution >= 4 is 29.3 Å². The lowest BCUT2D eigenvalue weighted by molar-refractivity contribution is -0.139. The number of methoxy groups -OCH3 is 1. The molecule has 35 heavy (non-hydrogen) atoms. The van der Waals surface area contributed by atoms with Gasteiger partial charge in [-0.25, -0.2) is 9.79 Å². The number of hydrogen-bond acceptors (Lipinski definition) is 8. The van der Waals surface area contributed by atoms with Crippen LogP contribution in [0.2, 0.25) is 0 Å². The van der Waals surface area contributed by atoms with Crippen LogP contribution in [-0.2, 0) is 9.53 Å². The minimum Gasteiger partial charge on any atom is -0.497 e. The quantitative estimate of drug-likeness (QED) is 0.491. The van der Waals surface area contributed by atoms with Gasteiger partial charge in [0, 0.05) is 25.2 Å². The molecule has 8 nitrogen and oxygen atoms in total. The van der Waals surface area contributed by atoms with Crippen molar-refractivity contribution < 1.29 is 18.7 Å². The molecule has 2 aliphatic rings. The summed E-state index contributed by atoms with van der Waals surface area (Å²) in [4.78, 5) is 34.0. The maximum absolute atomic E-state index is 13.7. The molecular formula is C26H27N3O5S. The van der Waals surface area contributed by atoms with Gasteiger partial charge in [0.15, 0.2) is 10.7 Å². The van der Waals surface area contributed by atoms with Crippen LogP contribution in [0, 0.1) is 0 Å². The summed E-state index contributed by atoms with van der Waals surface area (Å²) in [7, 11) is 1.58. The highest BCUT2D eigenvalue weighted by atomic mass is 32.1. The smallest absolute Gasteiger partial charge is 0.338 e. The summed E-state index contributed by atoms with van der Waals surface area (Å²) in [5.41, 5.74) is 1.37. The molecule has 0 N–H and O–H groups in total. The Balaban J connectivity index is 1.64. The molecule has 182 valence electrons. The average Bonchev–Trinajstić information content (AvgIpc) is 3.60. The first kappa shape index (κ1) is 23.2. The summed E-state index contributed by atoms with van der Waals surface area (Å²) in [6.45, 7) is 5.70. The zero-order valence-electron chi connectivity index (χ0n) is 19.9. The molecule has 2 aliphatic heterocycles. The number of ether oxygens (including phenoxy) is 2. The molecule has 2 aromatic heterocycles. The van der Waals surface area contributed by atoms with Gasteiger partial charge in [0.25, 0.3) is 5.56 Å². The van der Waals surface area contributed by atoms with Crippen molar-refractivity contribution in [2.75, 3.05) is 31.7 Å². The van der Waals surface area contributed by atoms with Crippen molar-refractivity contribution in [3.8, 4) is 5.75 Å². The van der Waals surface area contributed by atoms with Crippen molar-refractivity contribution in [2.24, 2.45) is 4.99 Å². The number of carbonyl (C=O) groups excluding carboxylic acids is 1. The summed E-state index contributed by atoms with van der Waals surface area (Å²) in [6, 6.07) is 10.5. The fourth-order valence-corrected chi connectivity index (χ4v) is 5.60. The molecule has 3 aromatic rings. The Bertz CT molecular complexity index is 1470. The summed E-state index contributed by atoms with van der Waals surface area (Å²) in [6.07, 6.45) is 4.05. The van der Waals surface area contributed by atoms with Crippen LogP contribution in [0.15, 0.2) is 61.9 Å². The topological polar surface area (TPSA) is 86.3 Å². The second-order valence-corrected chi connectivity index (χ2v) is 9.46. The second-order valence-electron chi connectivity index (χ2n) is 8.45. The van der Waals surface area contributed by atoms with Crippen LogP contribution >= 0.6 is 11.3 Å². The maximum Gasteiger partial charge on any atom is 0.338 e. The van der Waals surface area contributed by atoms with Gasteiger partial charge in [0.1, 0.15) is 11.5 Å². The van der Waals surface area contributed by atoms with E-state index < -0.39 is 12.0 Å². The lowest BCUT2D eigenvalue weighted by Crippen LogP contribution is -2.39. The number of nitrogens with zero attached hydrogens (tertiary/aromatic N) is 3. The van der Waals surface area contributed by atoms with Gasteiger partial charge in [-0.05, 0) is 50.5 Å². The molecule has 0 bridgehead atoms. The van der Waals surface area contributed by atoms with Crippen molar-refractivity contribution in [3.63, 3.8) is 0 Å². The molecule has 0 radical (unpaired) electrons. The number of carbonyl (C=O) groups is 1. The molecule has 1 atom stereocenters. The van der Waals surface area contributed by atoms with Gasteiger partial charge in [-0.3, -0.25) is 9.36 Å². The molecule has 0 unspecified atom stereocenters. The lowest BCUT2D eigenvalue weighted by Gasteiger charge is -2.24. The number of thiazole rings is 1. The first-order valence-electron chi connectivity index (χ1n) is 11.7. The Morgan fingerprint density at radius 1 is 1.26 bits per heavy atom. The SMILES string of the molecule is CCOC(=O)C1=C(C)N=c2s/c(=C\c3ccc(N4CCCC4)o3)c(=O)n2[C@H]1c1cccc(OC)c1. The Labute approximate surface area is 206 Å². The summed E-state index contributed by atoms with van der Waals surface area (Å²) < 4.78 is 18.8. The molecule has 1 fully saturated rings. The third-order valence-electron chi connectivity index (χ3n) is 6.23. The monoisotopic (exact) mass is 493 g/mol. The molecule has 1 aromatic carbocycles. The average molecular weight is 494 g/mol.